The number of nitrogens with zero attached hydrogens (tertiary/aromatic N) is 1. The third-order valence-corrected chi connectivity index (χ3v) is 6.85. The second-order valence-corrected chi connectivity index (χ2v) is 9.00. The van der Waals surface area contributed by atoms with Crippen molar-refractivity contribution in [2.24, 2.45) is 0 Å². The average molecular weight is 509 g/mol. The molecule has 10 heteroatoms. The molecule has 5 rings (SSSR count). The number of thiophene rings is 1. The van der Waals surface area contributed by atoms with Crippen molar-refractivity contribution in [2.45, 2.75) is 6.61 Å². The Morgan fingerprint density at radius 2 is 2.06 bits per heavy atom. The zero-order valence-electron chi connectivity index (χ0n) is 19.2. The number of ketones is 1. The van der Waals surface area contributed by atoms with Crippen molar-refractivity contribution in [1.29, 1.82) is 0 Å². The molecule has 0 radical (unpaired) electrons. The van der Waals surface area contributed by atoms with Crippen LogP contribution in [0.1, 0.15) is 25.7 Å². The van der Waals surface area contributed by atoms with E-state index in [0.717, 1.165) is 15.8 Å². The normalized spacial score (nSPS) is 11.9. The number of rotatable bonds is 8. The van der Waals surface area contributed by atoms with Crippen LogP contribution in [0.3, 0.4) is 0 Å². The number of pyridine rings is 1. The van der Waals surface area contributed by atoms with E-state index in [2.05, 4.69) is 10.3 Å². The Morgan fingerprint density at radius 3 is 2.86 bits per heavy atom. The van der Waals surface area contributed by atoms with Crippen molar-refractivity contribution in [3.63, 3.8) is 0 Å². The molecule has 0 fully saturated rings. The first-order valence-corrected chi connectivity index (χ1v) is 11.9. The molecule has 1 aliphatic rings. The second-order valence-electron chi connectivity index (χ2n) is 7.89. The summed E-state index contributed by atoms with van der Waals surface area (Å²) >= 11 is 1.31. The van der Waals surface area contributed by atoms with Gasteiger partial charge >= 0.3 is 0 Å². The van der Waals surface area contributed by atoms with E-state index in [4.69, 9.17) is 19.3 Å². The molecule has 184 valence electrons. The SMILES string of the molecule is COc1cc(C(=O)NCC(=O)c2ccc3c(n2)-c2c(sc4c(F)cccc24)CO3)ccc1OCCO. The first-order valence-electron chi connectivity index (χ1n) is 11.1. The molecular weight excluding hydrogens is 487 g/mol. The van der Waals surface area contributed by atoms with Crippen LogP contribution in [0.5, 0.6) is 17.2 Å². The molecule has 2 aromatic carbocycles. The average Bonchev–Trinajstić information content (AvgIpc) is 3.30. The number of carbonyl (C=O) groups is 2. The van der Waals surface area contributed by atoms with Crippen molar-refractivity contribution in [3.8, 4) is 28.5 Å². The van der Waals surface area contributed by atoms with Gasteiger partial charge in [-0.15, -0.1) is 11.3 Å². The summed E-state index contributed by atoms with van der Waals surface area (Å²) in [4.78, 5) is 30.9. The van der Waals surface area contributed by atoms with E-state index in [9.17, 15) is 14.0 Å². The van der Waals surface area contributed by atoms with Gasteiger partial charge in [0, 0.05) is 16.5 Å². The lowest BCUT2D eigenvalue weighted by molar-refractivity contribution is 0.0902. The van der Waals surface area contributed by atoms with E-state index in [1.807, 2.05) is 6.07 Å². The van der Waals surface area contributed by atoms with E-state index in [-0.39, 0.29) is 42.6 Å². The van der Waals surface area contributed by atoms with Crippen LogP contribution in [0.25, 0.3) is 21.3 Å². The van der Waals surface area contributed by atoms with Crippen molar-refractivity contribution < 1.29 is 33.3 Å². The molecule has 2 N–H and O–H groups in total. The molecule has 8 nitrogen and oxygen atoms in total. The molecular formula is C26H21FN2O6S. The van der Waals surface area contributed by atoms with Crippen LogP contribution in [0, 0.1) is 5.82 Å². The molecule has 0 saturated heterocycles. The zero-order valence-corrected chi connectivity index (χ0v) is 20.0. The maximum absolute atomic E-state index is 14.3. The predicted molar refractivity (Wildman–Crippen MR) is 132 cm³/mol. The Morgan fingerprint density at radius 1 is 1.19 bits per heavy atom. The highest BCUT2D eigenvalue weighted by atomic mass is 32.1. The van der Waals surface area contributed by atoms with Gasteiger partial charge < -0.3 is 24.6 Å². The van der Waals surface area contributed by atoms with Crippen LogP contribution >= 0.6 is 11.3 Å². The smallest absolute Gasteiger partial charge is 0.251 e. The number of amides is 1. The lowest BCUT2D eigenvalue weighted by Gasteiger charge is -2.18. The van der Waals surface area contributed by atoms with Crippen molar-refractivity contribution >= 4 is 33.1 Å². The molecule has 4 aromatic rings. The lowest BCUT2D eigenvalue weighted by Crippen LogP contribution is -2.30. The Bertz CT molecular complexity index is 1490. The first kappa shape index (κ1) is 23.7. The summed E-state index contributed by atoms with van der Waals surface area (Å²) in [5.41, 5.74) is 1.68. The molecule has 3 heterocycles. The summed E-state index contributed by atoms with van der Waals surface area (Å²) in [5.74, 6) is 0.0571. The minimum atomic E-state index is -0.474. The number of aromatic nitrogens is 1. The number of fused-ring (bicyclic) bond motifs is 5. The number of nitrogens with one attached hydrogen (secondary N) is 1. The topological polar surface area (TPSA) is 107 Å². The standard InChI is InChI=1S/C26H21FN2O6S/c1-33-21-11-14(5-7-19(21)34-10-9-30)26(32)28-12-18(31)17-6-8-20-24(29-17)23-15-3-2-4-16(27)25(15)36-22(23)13-35-20/h2-8,11,30H,9-10,12-13H2,1H3,(H,28,32). The van der Waals surface area contributed by atoms with Gasteiger partial charge in [-0.05, 0) is 36.4 Å². The predicted octanol–water partition coefficient (Wildman–Crippen LogP) is 3.99. The van der Waals surface area contributed by atoms with Gasteiger partial charge in [-0.25, -0.2) is 9.37 Å². The summed E-state index contributed by atoms with van der Waals surface area (Å²) in [7, 11) is 1.44. The molecule has 0 unspecified atom stereocenters. The number of methoxy groups -OCH3 is 1. The molecule has 2 aromatic heterocycles. The van der Waals surface area contributed by atoms with Gasteiger partial charge in [-0.3, -0.25) is 9.59 Å². The Hall–Kier alpha value is -4.02. The Balaban J connectivity index is 1.34. The van der Waals surface area contributed by atoms with E-state index >= 15 is 0 Å². The van der Waals surface area contributed by atoms with Crippen LogP contribution in [-0.2, 0) is 6.61 Å². The molecule has 0 bridgehead atoms. The van der Waals surface area contributed by atoms with E-state index in [0.29, 0.717) is 34.2 Å². The van der Waals surface area contributed by atoms with Crippen LogP contribution in [0.2, 0.25) is 0 Å². The third-order valence-electron chi connectivity index (χ3n) is 5.66. The number of Topliss-reactive ketones (excluding diaryl/α,β-unsaturated/α-hetero) is 1. The summed E-state index contributed by atoms with van der Waals surface area (Å²) in [6.45, 7) is -0.0358. The Labute approximate surface area is 209 Å². The van der Waals surface area contributed by atoms with Gasteiger partial charge in [0.15, 0.2) is 17.3 Å². The summed E-state index contributed by atoms with van der Waals surface area (Å²) in [5, 5.41) is 12.2. The van der Waals surface area contributed by atoms with Gasteiger partial charge in [0.1, 0.15) is 36.2 Å². The lowest BCUT2D eigenvalue weighted by atomic mass is 10.0. The highest BCUT2D eigenvalue weighted by Crippen LogP contribution is 2.45. The fourth-order valence-corrected chi connectivity index (χ4v) is 5.09. The monoisotopic (exact) mass is 508 g/mol. The number of benzene rings is 2. The number of carbonyl (C=O) groups excluding carboxylic acids is 2. The molecule has 36 heavy (non-hydrogen) atoms. The maximum atomic E-state index is 14.3. The highest BCUT2D eigenvalue weighted by Gasteiger charge is 2.26. The Kier molecular flexibility index (Phi) is 6.53. The largest absolute Gasteiger partial charge is 0.493 e. The zero-order chi connectivity index (χ0) is 25.2. The summed E-state index contributed by atoms with van der Waals surface area (Å²) in [6, 6.07) is 12.7. The maximum Gasteiger partial charge on any atom is 0.251 e. The number of ether oxygens (including phenoxy) is 3. The third kappa shape index (κ3) is 4.36. The number of halogens is 1. The van der Waals surface area contributed by atoms with Crippen molar-refractivity contribution in [3.05, 3.63) is 70.5 Å². The van der Waals surface area contributed by atoms with Crippen LogP contribution < -0.4 is 19.5 Å². The van der Waals surface area contributed by atoms with Crippen LogP contribution in [0.15, 0.2) is 48.5 Å². The van der Waals surface area contributed by atoms with E-state index in [1.165, 1.54) is 36.6 Å². The summed E-state index contributed by atoms with van der Waals surface area (Å²) in [6.07, 6.45) is 0. The fourth-order valence-electron chi connectivity index (χ4n) is 3.97. The first-order chi connectivity index (χ1) is 17.5. The number of aliphatic hydroxyl groups excluding tert-OH is 1. The highest BCUT2D eigenvalue weighted by molar-refractivity contribution is 7.19. The van der Waals surface area contributed by atoms with Crippen LogP contribution in [-0.4, -0.2) is 48.6 Å². The molecule has 0 saturated carbocycles. The second kappa shape index (κ2) is 9.92. The van der Waals surface area contributed by atoms with Gasteiger partial charge in [0.05, 0.1) is 29.8 Å². The minimum Gasteiger partial charge on any atom is -0.493 e. The molecule has 0 aliphatic carbocycles. The quantitative estimate of drug-likeness (QED) is 0.347. The van der Waals surface area contributed by atoms with Gasteiger partial charge in [-0.2, -0.15) is 0 Å². The number of hydrogen-bond acceptors (Lipinski definition) is 8. The van der Waals surface area contributed by atoms with E-state index in [1.54, 1.807) is 24.3 Å². The van der Waals surface area contributed by atoms with Crippen molar-refractivity contribution in [1.82, 2.24) is 10.3 Å². The minimum absolute atomic E-state index is 0.0901. The molecule has 1 amide bonds. The fraction of sp³-hybridized carbons (Fsp3) is 0.192. The van der Waals surface area contributed by atoms with Gasteiger partial charge in [0.2, 0.25) is 0 Å². The van der Waals surface area contributed by atoms with E-state index < -0.39 is 5.91 Å². The van der Waals surface area contributed by atoms with Crippen molar-refractivity contribution in [2.75, 3.05) is 26.9 Å². The van der Waals surface area contributed by atoms with Crippen LogP contribution in [0.4, 0.5) is 4.39 Å². The summed E-state index contributed by atoms with van der Waals surface area (Å²) < 4.78 is 31.2. The van der Waals surface area contributed by atoms with Gasteiger partial charge in [-0.1, -0.05) is 12.1 Å². The number of hydrogen-bond donors (Lipinski definition) is 2. The molecule has 0 atom stereocenters. The number of aliphatic hydroxyl groups is 1. The molecule has 0 spiro atoms. The van der Waals surface area contributed by atoms with Gasteiger partial charge in [0.25, 0.3) is 5.91 Å². The molecule has 1 aliphatic heterocycles.